The molecule has 0 saturated heterocycles. The van der Waals surface area contributed by atoms with Gasteiger partial charge in [0.1, 0.15) is 5.60 Å². The van der Waals surface area contributed by atoms with Crippen molar-refractivity contribution in [2.45, 2.75) is 43.6 Å². The highest BCUT2D eigenvalue weighted by Gasteiger charge is 2.45. The van der Waals surface area contributed by atoms with Crippen LogP contribution in [-0.2, 0) is 9.53 Å². The molecular weight excluding hydrogens is 224 g/mol. The van der Waals surface area contributed by atoms with Gasteiger partial charge in [0.25, 0.3) is 0 Å². The molecule has 0 aromatic heterocycles. The predicted octanol–water partition coefficient (Wildman–Crippen LogP) is 3.59. The second-order valence-electron chi connectivity index (χ2n) is 5.34. The highest BCUT2D eigenvalue weighted by molar-refractivity contribution is 5.91. The zero-order valence-corrected chi connectivity index (χ0v) is 10.5. The zero-order chi connectivity index (χ0) is 12.4. The van der Waals surface area contributed by atoms with Crippen LogP contribution in [0.15, 0.2) is 42.7 Å². The summed E-state index contributed by atoms with van der Waals surface area (Å²) in [6, 6.07) is 10.5. The van der Waals surface area contributed by atoms with Crippen molar-refractivity contribution < 1.29 is 9.53 Å². The minimum absolute atomic E-state index is 0.198. The number of ether oxygens (including phenoxy) is 1. The summed E-state index contributed by atoms with van der Waals surface area (Å²) in [6.07, 6.45) is 8.18. The Morgan fingerprint density at radius 1 is 1.17 bits per heavy atom. The molecule has 2 unspecified atom stereocenters. The Hall–Kier alpha value is -1.57. The predicted molar refractivity (Wildman–Crippen MR) is 70.2 cm³/mol. The lowest BCUT2D eigenvalue weighted by Crippen LogP contribution is -2.44. The van der Waals surface area contributed by atoms with Gasteiger partial charge < -0.3 is 4.74 Å². The fourth-order valence-electron chi connectivity index (χ4n) is 3.36. The molecule has 3 rings (SSSR count). The van der Waals surface area contributed by atoms with E-state index < -0.39 is 0 Å². The summed E-state index contributed by atoms with van der Waals surface area (Å²) in [7, 11) is 0. The topological polar surface area (TPSA) is 26.3 Å². The molecule has 1 aromatic carbocycles. The molecule has 1 fully saturated rings. The van der Waals surface area contributed by atoms with E-state index in [9.17, 15) is 4.79 Å². The highest BCUT2D eigenvalue weighted by Crippen LogP contribution is 2.46. The van der Waals surface area contributed by atoms with Crippen LogP contribution in [0.2, 0.25) is 0 Å². The van der Waals surface area contributed by atoms with Gasteiger partial charge in [-0.15, -0.1) is 0 Å². The largest absolute Gasteiger partial charge is 0.494 e. The van der Waals surface area contributed by atoms with Crippen molar-refractivity contribution in [3.8, 4) is 0 Å². The number of carbonyl (C=O) groups excluding carboxylic acids is 1. The molecule has 0 N–H and O–H groups in total. The molecule has 18 heavy (non-hydrogen) atoms. The monoisotopic (exact) mass is 242 g/mol. The Morgan fingerprint density at radius 2 is 2.00 bits per heavy atom. The molecule has 1 aliphatic carbocycles. The molecule has 1 aromatic rings. The Labute approximate surface area is 108 Å². The van der Waals surface area contributed by atoms with Gasteiger partial charge in [-0.25, -0.2) is 0 Å². The maximum atomic E-state index is 11.7. The highest BCUT2D eigenvalue weighted by atomic mass is 16.5. The summed E-state index contributed by atoms with van der Waals surface area (Å²) in [5, 5.41) is 0. The number of hydrogen-bond donors (Lipinski definition) is 0. The van der Waals surface area contributed by atoms with Crippen molar-refractivity contribution >= 4 is 5.78 Å². The fourth-order valence-corrected chi connectivity index (χ4v) is 3.36. The van der Waals surface area contributed by atoms with Crippen LogP contribution in [0.4, 0.5) is 0 Å². The number of allylic oxidation sites excluding steroid dienone is 1. The summed E-state index contributed by atoms with van der Waals surface area (Å²) in [5.74, 6) is 0.547. The van der Waals surface area contributed by atoms with Gasteiger partial charge >= 0.3 is 0 Å². The lowest BCUT2D eigenvalue weighted by molar-refractivity contribution is -0.126. The molecular formula is C16H18O2. The van der Waals surface area contributed by atoms with Gasteiger partial charge in [-0.2, -0.15) is 0 Å². The average Bonchev–Trinajstić information content (AvgIpc) is 2.40. The number of hydrogen-bond acceptors (Lipinski definition) is 2. The number of rotatable bonds is 1. The first-order chi connectivity index (χ1) is 8.80. The summed E-state index contributed by atoms with van der Waals surface area (Å²) in [5.41, 5.74) is 1.02. The van der Waals surface area contributed by atoms with Gasteiger partial charge in [0.05, 0.1) is 12.7 Å². The quantitative estimate of drug-likeness (QED) is 0.752. The molecule has 1 heterocycles. The SMILES string of the molecule is O=C1C=COC2(CCCCC2c2ccccc2)C1. The van der Waals surface area contributed by atoms with Crippen LogP contribution < -0.4 is 0 Å². The average molecular weight is 242 g/mol. The molecule has 1 saturated carbocycles. The van der Waals surface area contributed by atoms with Crippen molar-refractivity contribution in [3.63, 3.8) is 0 Å². The Balaban J connectivity index is 1.96. The number of ketones is 1. The van der Waals surface area contributed by atoms with Crippen LogP contribution in [0.5, 0.6) is 0 Å². The molecule has 1 aliphatic heterocycles. The lowest BCUT2D eigenvalue weighted by atomic mass is 9.69. The first-order valence-corrected chi connectivity index (χ1v) is 6.72. The Morgan fingerprint density at radius 3 is 2.78 bits per heavy atom. The molecule has 2 nitrogen and oxygen atoms in total. The van der Waals surface area contributed by atoms with Crippen molar-refractivity contribution in [3.05, 3.63) is 48.2 Å². The normalized spacial score (nSPS) is 31.3. The Kier molecular flexibility index (Phi) is 2.94. The molecule has 0 radical (unpaired) electrons. The third kappa shape index (κ3) is 1.96. The first kappa shape index (κ1) is 11.5. The maximum absolute atomic E-state index is 11.7. The molecule has 0 bridgehead atoms. The van der Waals surface area contributed by atoms with E-state index in [0.717, 1.165) is 19.3 Å². The number of benzene rings is 1. The lowest BCUT2D eigenvalue weighted by Gasteiger charge is -2.44. The van der Waals surface area contributed by atoms with E-state index in [4.69, 9.17) is 4.74 Å². The minimum Gasteiger partial charge on any atom is -0.494 e. The van der Waals surface area contributed by atoms with Crippen molar-refractivity contribution in [2.75, 3.05) is 0 Å². The fraction of sp³-hybridized carbons (Fsp3) is 0.438. The van der Waals surface area contributed by atoms with Gasteiger partial charge in [0.2, 0.25) is 0 Å². The molecule has 1 spiro atoms. The van der Waals surface area contributed by atoms with Crippen LogP contribution in [0, 0.1) is 0 Å². The van der Waals surface area contributed by atoms with E-state index in [1.54, 1.807) is 12.3 Å². The van der Waals surface area contributed by atoms with Crippen LogP contribution in [0.1, 0.15) is 43.6 Å². The summed E-state index contributed by atoms with van der Waals surface area (Å²) in [6.45, 7) is 0. The van der Waals surface area contributed by atoms with E-state index in [2.05, 4.69) is 24.3 Å². The van der Waals surface area contributed by atoms with Gasteiger partial charge in [0, 0.05) is 12.0 Å². The molecule has 2 heteroatoms. The summed E-state index contributed by atoms with van der Waals surface area (Å²) >= 11 is 0. The standard InChI is InChI=1S/C16H18O2/c17-14-9-11-18-16(12-14)10-5-4-8-15(16)13-6-2-1-3-7-13/h1-3,6-7,9,11,15H,4-5,8,10,12H2. The first-order valence-electron chi connectivity index (χ1n) is 6.72. The third-order valence-electron chi connectivity index (χ3n) is 4.21. The minimum atomic E-state index is -0.286. The molecule has 2 atom stereocenters. The van der Waals surface area contributed by atoms with E-state index in [-0.39, 0.29) is 11.4 Å². The van der Waals surface area contributed by atoms with Gasteiger partial charge in [-0.3, -0.25) is 4.79 Å². The smallest absolute Gasteiger partial charge is 0.162 e. The summed E-state index contributed by atoms with van der Waals surface area (Å²) in [4.78, 5) is 11.7. The van der Waals surface area contributed by atoms with Crippen LogP contribution in [0.25, 0.3) is 0 Å². The van der Waals surface area contributed by atoms with Crippen molar-refractivity contribution in [1.82, 2.24) is 0 Å². The summed E-state index contributed by atoms with van der Waals surface area (Å²) < 4.78 is 5.94. The number of carbonyl (C=O) groups is 1. The molecule has 94 valence electrons. The third-order valence-corrected chi connectivity index (χ3v) is 4.21. The van der Waals surface area contributed by atoms with E-state index in [1.807, 2.05) is 6.07 Å². The van der Waals surface area contributed by atoms with Gasteiger partial charge in [0.15, 0.2) is 5.78 Å². The van der Waals surface area contributed by atoms with E-state index in [1.165, 1.54) is 12.0 Å². The van der Waals surface area contributed by atoms with Crippen molar-refractivity contribution in [2.24, 2.45) is 0 Å². The Bertz CT molecular complexity index is 463. The van der Waals surface area contributed by atoms with Gasteiger partial charge in [-0.05, 0) is 24.8 Å². The molecule has 2 aliphatic rings. The van der Waals surface area contributed by atoms with E-state index in [0.29, 0.717) is 12.3 Å². The van der Waals surface area contributed by atoms with Crippen LogP contribution in [0.3, 0.4) is 0 Å². The molecule has 0 amide bonds. The van der Waals surface area contributed by atoms with Crippen molar-refractivity contribution in [1.29, 1.82) is 0 Å². The zero-order valence-electron chi connectivity index (χ0n) is 10.5. The second-order valence-corrected chi connectivity index (χ2v) is 5.34. The maximum Gasteiger partial charge on any atom is 0.162 e. The van der Waals surface area contributed by atoms with E-state index >= 15 is 0 Å². The second kappa shape index (κ2) is 4.60. The van der Waals surface area contributed by atoms with Crippen LogP contribution in [-0.4, -0.2) is 11.4 Å². The van der Waals surface area contributed by atoms with Crippen LogP contribution >= 0.6 is 0 Å². The van der Waals surface area contributed by atoms with Gasteiger partial charge in [-0.1, -0.05) is 36.8 Å².